The summed E-state index contributed by atoms with van der Waals surface area (Å²) in [5, 5.41) is 2.35. The number of amidine groups is 2. The van der Waals surface area contributed by atoms with E-state index in [0.29, 0.717) is 12.8 Å². The number of aliphatic imine (C=N–C) groups is 2. The molecule has 0 aromatic heterocycles. The van der Waals surface area contributed by atoms with Gasteiger partial charge in [0.2, 0.25) is 5.84 Å². The van der Waals surface area contributed by atoms with Gasteiger partial charge in [-0.25, -0.2) is 4.99 Å². The van der Waals surface area contributed by atoms with Gasteiger partial charge in [0, 0.05) is 6.54 Å². The quantitative estimate of drug-likeness (QED) is 0.354. The summed E-state index contributed by atoms with van der Waals surface area (Å²) in [6.45, 7) is 6.55. The van der Waals surface area contributed by atoms with Gasteiger partial charge in [-0.05, 0) is 55.9 Å². The van der Waals surface area contributed by atoms with Gasteiger partial charge in [0.15, 0.2) is 5.84 Å². The topological polar surface area (TPSA) is 52.0 Å². The molecule has 0 amide bonds. The molecule has 3 rings (SSSR count). The molecule has 1 unspecified atom stereocenters. The predicted molar refractivity (Wildman–Crippen MR) is 116 cm³/mol. The molecule has 0 bridgehead atoms. The van der Waals surface area contributed by atoms with E-state index in [1.54, 1.807) is 0 Å². The third kappa shape index (κ3) is 5.79. The normalized spacial score (nSPS) is 20.3. The number of alkyl halides is 9. The van der Waals surface area contributed by atoms with Crippen molar-refractivity contribution in [1.82, 2.24) is 10.7 Å². The molecular weight excluding hydrogens is 505 g/mol. The minimum Gasteiger partial charge on any atom is -0.332 e. The van der Waals surface area contributed by atoms with Crippen LogP contribution in [-0.4, -0.2) is 36.7 Å². The van der Waals surface area contributed by atoms with Crippen molar-refractivity contribution in [3.8, 4) is 0 Å². The SMILES string of the molecule is Cc1cc(C(F)(F)F)cc(C)c1N1NC2N=C(C(F)(F)F)NC(C(F)(F)F)=C2C1=NCCCC(C)C. The molecule has 1 aromatic carbocycles. The van der Waals surface area contributed by atoms with E-state index >= 15 is 0 Å². The van der Waals surface area contributed by atoms with Gasteiger partial charge in [-0.1, -0.05) is 13.8 Å². The zero-order valence-electron chi connectivity index (χ0n) is 19.7. The van der Waals surface area contributed by atoms with Gasteiger partial charge in [0.25, 0.3) is 0 Å². The number of hydrogen-bond acceptors (Lipinski definition) is 4. The highest BCUT2D eigenvalue weighted by Gasteiger charge is 2.52. The van der Waals surface area contributed by atoms with Crippen molar-refractivity contribution in [2.24, 2.45) is 15.9 Å². The van der Waals surface area contributed by atoms with Crippen molar-refractivity contribution in [2.45, 2.75) is 65.2 Å². The van der Waals surface area contributed by atoms with E-state index in [1.807, 2.05) is 13.8 Å². The Bertz CT molecular complexity index is 1070. The van der Waals surface area contributed by atoms with Gasteiger partial charge in [-0.15, -0.1) is 0 Å². The molecule has 0 spiro atoms. The summed E-state index contributed by atoms with van der Waals surface area (Å²) in [4.78, 5) is 7.64. The van der Waals surface area contributed by atoms with Crippen LogP contribution in [0.5, 0.6) is 0 Å². The zero-order valence-corrected chi connectivity index (χ0v) is 19.7. The van der Waals surface area contributed by atoms with Crippen molar-refractivity contribution in [3.05, 3.63) is 40.1 Å². The Morgan fingerprint density at radius 3 is 2.00 bits per heavy atom. The lowest BCUT2D eigenvalue weighted by Crippen LogP contribution is -2.47. The standard InChI is InChI=1S/C22H24F9N5/c1-10(2)6-5-7-32-18-14-16(21(26,27)28)33-19(22(29,30)31)34-17(14)35-36(18)15-11(3)8-13(9-12(15)4)20(23,24)25/h8-10,17,35H,5-7H2,1-4H3,(H,33,34). The second-order valence-corrected chi connectivity index (χ2v) is 8.95. The summed E-state index contributed by atoms with van der Waals surface area (Å²) < 4.78 is 122. The molecule has 1 saturated heterocycles. The van der Waals surface area contributed by atoms with Crippen LogP contribution in [0.25, 0.3) is 0 Å². The maximum atomic E-state index is 13.9. The Labute approximate surface area is 201 Å². The van der Waals surface area contributed by atoms with Gasteiger partial charge >= 0.3 is 18.5 Å². The van der Waals surface area contributed by atoms with Crippen LogP contribution >= 0.6 is 0 Å². The predicted octanol–water partition coefficient (Wildman–Crippen LogP) is 6.19. The first-order valence-corrected chi connectivity index (χ1v) is 10.9. The number of rotatable bonds is 5. The molecule has 200 valence electrons. The lowest BCUT2D eigenvalue weighted by atomic mass is 10.0. The number of allylic oxidation sites excluding steroid dienone is 1. The fraction of sp³-hybridized carbons (Fsp3) is 0.545. The second kappa shape index (κ2) is 9.60. The van der Waals surface area contributed by atoms with Gasteiger partial charge in [0.05, 0.1) is 16.8 Å². The van der Waals surface area contributed by atoms with Gasteiger partial charge in [0.1, 0.15) is 11.9 Å². The van der Waals surface area contributed by atoms with Crippen molar-refractivity contribution in [2.75, 3.05) is 11.6 Å². The van der Waals surface area contributed by atoms with E-state index in [2.05, 4.69) is 15.4 Å². The van der Waals surface area contributed by atoms with Crippen molar-refractivity contribution >= 4 is 17.4 Å². The highest BCUT2D eigenvalue weighted by Crippen LogP contribution is 2.40. The van der Waals surface area contributed by atoms with Crippen LogP contribution < -0.4 is 15.8 Å². The van der Waals surface area contributed by atoms with Gasteiger partial charge in [-0.3, -0.25) is 10.0 Å². The minimum atomic E-state index is -5.22. The minimum absolute atomic E-state index is 0.0329. The number of fused-ring (bicyclic) bond motifs is 1. The van der Waals surface area contributed by atoms with Crippen LogP contribution in [0.2, 0.25) is 0 Å². The lowest BCUT2D eigenvalue weighted by Gasteiger charge is -2.25. The molecule has 5 nitrogen and oxygen atoms in total. The Kier molecular flexibility index (Phi) is 7.41. The van der Waals surface area contributed by atoms with Crippen LogP contribution in [-0.2, 0) is 6.18 Å². The smallest absolute Gasteiger partial charge is 0.332 e. The molecular formula is C22H24F9N5. The maximum absolute atomic E-state index is 13.9. The van der Waals surface area contributed by atoms with Gasteiger partial charge < -0.3 is 5.32 Å². The van der Waals surface area contributed by atoms with Crippen LogP contribution in [0, 0.1) is 19.8 Å². The maximum Gasteiger partial charge on any atom is 0.449 e. The average molecular weight is 529 g/mol. The van der Waals surface area contributed by atoms with E-state index in [1.165, 1.54) is 19.2 Å². The van der Waals surface area contributed by atoms with E-state index in [4.69, 9.17) is 0 Å². The van der Waals surface area contributed by atoms with E-state index < -0.39 is 47.4 Å². The molecule has 2 aliphatic heterocycles. The summed E-state index contributed by atoms with van der Waals surface area (Å²) in [6.07, 6.45) is -15.7. The summed E-state index contributed by atoms with van der Waals surface area (Å²) in [5.74, 6) is -1.94. The first-order chi connectivity index (χ1) is 16.4. The Morgan fingerprint density at radius 2 is 1.53 bits per heavy atom. The molecule has 1 atom stereocenters. The summed E-state index contributed by atoms with van der Waals surface area (Å²) in [5.41, 5.74) is -0.729. The lowest BCUT2D eigenvalue weighted by molar-refractivity contribution is -0.137. The first kappa shape index (κ1) is 27.8. The average Bonchev–Trinajstić information content (AvgIpc) is 3.05. The van der Waals surface area contributed by atoms with Crippen molar-refractivity contribution < 1.29 is 39.5 Å². The van der Waals surface area contributed by atoms with E-state index in [9.17, 15) is 39.5 Å². The fourth-order valence-corrected chi connectivity index (χ4v) is 4.03. The van der Waals surface area contributed by atoms with Crippen molar-refractivity contribution in [1.29, 1.82) is 0 Å². The highest BCUT2D eigenvalue weighted by molar-refractivity contribution is 6.14. The first-order valence-electron chi connectivity index (χ1n) is 10.9. The summed E-state index contributed by atoms with van der Waals surface area (Å²) >= 11 is 0. The molecule has 0 aliphatic carbocycles. The molecule has 0 saturated carbocycles. The Balaban J connectivity index is 2.19. The number of anilines is 1. The van der Waals surface area contributed by atoms with E-state index in [0.717, 1.165) is 17.1 Å². The summed E-state index contributed by atoms with van der Waals surface area (Å²) in [7, 11) is 0. The van der Waals surface area contributed by atoms with Crippen LogP contribution in [0.15, 0.2) is 33.4 Å². The van der Waals surface area contributed by atoms with E-state index in [-0.39, 0.29) is 35.1 Å². The van der Waals surface area contributed by atoms with Gasteiger partial charge in [-0.2, -0.15) is 44.9 Å². The monoisotopic (exact) mass is 529 g/mol. The number of hydrogen-bond donors (Lipinski definition) is 2. The van der Waals surface area contributed by atoms with Crippen molar-refractivity contribution in [3.63, 3.8) is 0 Å². The number of halogens is 9. The number of aryl methyl sites for hydroxylation is 2. The zero-order chi connectivity index (χ0) is 27.2. The molecule has 2 heterocycles. The van der Waals surface area contributed by atoms with Crippen LogP contribution in [0.1, 0.15) is 43.4 Å². The molecule has 1 fully saturated rings. The molecule has 2 aliphatic rings. The Morgan fingerprint density at radius 1 is 0.944 bits per heavy atom. The van der Waals surface area contributed by atoms with Crippen LogP contribution in [0.3, 0.4) is 0 Å². The number of benzene rings is 1. The molecule has 14 heteroatoms. The fourth-order valence-electron chi connectivity index (χ4n) is 4.03. The van der Waals surface area contributed by atoms with Crippen LogP contribution in [0.4, 0.5) is 45.2 Å². The highest BCUT2D eigenvalue weighted by atomic mass is 19.4. The third-order valence-electron chi connectivity index (χ3n) is 5.54. The third-order valence-corrected chi connectivity index (χ3v) is 5.54. The number of hydrazine groups is 1. The second-order valence-electron chi connectivity index (χ2n) is 8.95. The number of nitrogens with one attached hydrogen (secondary N) is 2. The largest absolute Gasteiger partial charge is 0.449 e. The summed E-state index contributed by atoms with van der Waals surface area (Å²) in [6, 6.07) is 1.62. The number of nitrogens with zero attached hydrogens (tertiary/aromatic N) is 3. The molecule has 1 aromatic rings. The molecule has 0 radical (unpaired) electrons. The Hall–Kier alpha value is -2.77. The molecule has 36 heavy (non-hydrogen) atoms. The molecule has 2 N–H and O–H groups in total.